The molecule has 1 aliphatic heterocycles. The molecule has 6 rings (SSSR count). The van der Waals surface area contributed by atoms with Crippen molar-refractivity contribution in [2.45, 2.75) is 43.2 Å². The molecule has 3 saturated carbocycles. The van der Waals surface area contributed by atoms with Crippen LogP contribution in [0.3, 0.4) is 0 Å². The minimum absolute atomic E-state index is 0.0512. The number of halogens is 1. The van der Waals surface area contributed by atoms with Gasteiger partial charge < -0.3 is 15.2 Å². The van der Waals surface area contributed by atoms with E-state index >= 15 is 0 Å². The summed E-state index contributed by atoms with van der Waals surface area (Å²) in [5, 5.41) is 27.9. The van der Waals surface area contributed by atoms with Crippen LogP contribution in [0.25, 0.3) is 5.52 Å². The predicted octanol–water partition coefficient (Wildman–Crippen LogP) is 1.87. The highest BCUT2D eigenvalue weighted by Gasteiger charge is 2.60. The summed E-state index contributed by atoms with van der Waals surface area (Å²) in [7, 11) is 0. The topological polar surface area (TPSA) is 95.5 Å². The fourth-order valence-corrected chi connectivity index (χ4v) is 4.75. The summed E-state index contributed by atoms with van der Waals surface area (Å²) in [6, 6.07) is 2.12. The summed E-state index contributed by atoms with van der Waals surface area (Å²) in [5.41, 5.74) is 2.17. The smallest absolute Gasteiger partial charge is 0.241 e. The molecule has 0 unspecified atom stereocenters. The van der Waals surface area contributed by atoms with E-state index in [2.05, 4.69) is 21.5 Å². The molecule has 25 heavy (non-hydrogen) atoms. The normalized spacial score (nSPS) is 33.4. The first-order chi connectivity index (χ1) is 12.1. The molecule has 4 aliphatic rings. The molecule has 0 radical (unpaired) electrons. The Balaban J connectivity index is 1.57. The van der Waals surface area contributed by atoms with Gasteiger partial charge in [-0.1, -0.05) is 11.6 Å². The molecule has 8 heteroatoms. The van der Waals surface area contributed by atoms with Gasteiger partial charge in [-0.3, -0.25) is 0 Å². The maximum absolute atomic E-state index is 10.1. The largest absolute Gasteiger partial charge is 0.389 e. The number of aromatic nitrogens is 3. The number of aliphatic hydroxyl groups is 1. The predicted molar refractivity (Wildman–Crippen MR) is 90.6 cm³/mol. The average molecular weight is 360 g/mol. The first-order valence-electron chi connectivity index (χ1n) is 8.61. The van der Waals surface area contributed by atoms with Gasteiger partial charge in [0.1, 0.15) is 11.6 Å². The molecule has 2 aromatic rings. The van der Waals surface area contributed by atoms with Gasteiger partial charge in [0.25, 0.3) is 0 Å². The molecule has 4 fully saturated rings. The van der Waals surface area contributed by atoms with Crippen molar-refractivity contribution in [3.05, 3.63) is 22.5 Å². The standard InChI is InChI=1S/C17H18ClN5O2/c18-14-10(6-19)15(17-3-9(4-17)5-17)23-12(14)7-20-16(22-23)21-11-1-2-25-8-13(11)24/h7,9,11,13,24H,1-5,8H2,(H,21,22)/t9?,11-,13-,17?/m1/s1. The molecular weight excluding hydrogens is 342 g/mol. The van der Waals surface area contributed by atoms with Crippen molar-refractivity contribution in [2.75, 3.05) is 18.5 Å². The van der Waals surface area contributed by atoms with Crippen LogP contribution in [0, 0.1) is 17.2 Å². The fourth-order valence-electron chi connectivity index (χ4n) is 4.49. The number of hydrogen-bond acceptors (Lipinski definition) is 6. The zero-order valence-corrected chi connectivity index (χ0v) is 14.3. The van der Waals surface area contributed by atoms with Gasteiger partial charge in [0.05, 0.1) is 41.2 Å². The highest BCUT2D eigenvalue weighted by atomic mass is 35.5. The van der Waals surface area contributed by atoms with Crippen LogP contribution >= 0.6 is 11.6 Å². The molecule has 3 heterocycles. The van der Waals surface area contributed by atoms with Gasteiger partial charge in [-0.05, 0) is 31.6 Å². The molecule has 2 bridgehead atoms. The van der Waals surface area contributed by atoms with Gasteiger partial charge in [0, 0.05) is 12.0 Å². The number of ether oxygens (including phenoxy) is 1. The lowest BCUT2D eigenvalue weighted by molar-refractivity contribution is -0.0323. The van der Waals surface area contributed by atoms with Gasteiger partial charge in [-0.25, -0.2) is 9.50 Å². The highest BCUT2D eigenvalue weighted by molar-refractivity contribution is 6.35. The second-order valence-corrected chi connectivity index (χ2v) is 7.85. The van der Waals surface area contributed by atoms with Crippen molar-refractivity contribution < 1.29 is 9.84 Å². The van der Waals surface area contributed by atoms with Gasteiger partial charge in [-0.2, -0.15) is 5.26 Å². The van der Waals surface area contributed by atoms with E-state index in [1.54, 1.807) is 10.7 Å². The third-order valence-electron chi connectivity index (χ3n) is 5.92. The Morgan fingerprint density at radius 1 is 1.44 bits per heavy atom. The Labute approximate surface area is 149 Å². The van der Waals surface area contributed by atoms with Gasteiger partial charge in [-0.15, -0.1) is 5.10 Å². The number of anilines is 1. The zero-order chi connectivity index (χ0) is 17.2. The third kappa shape index (κ3) is 2.11. The van der Waals surface area contributed by atoms with E-state index in [9.17, 15) is 10.4 Å². The van der Waals surface area contributed by atoms with Crippen LogP contribution in [-0.2, 0) is 10.2 Å². The third-order valence-corrected chi connectivity index (χ3v) is 6.30. The van der Waals surface area contributed by atoms with E-state index in [1.165, 1.54) is 0 Å². The van der Waals surface area contributed by atoms with E-state index in [4.69, 9.17) is 16.3 Å². The van der Waals surface area contributed by atoms with Crippen molar-refractivity contribution >= 4 is 23.1 Å². The molecule has 0 amide bonds. The maximum atomic E-state index is 10.1. The van der Waals surface area contributed by atoms with E-state index in [0.29, 0.717) is 41.7 Å². The lowest BCUT2D eigenvalue weighted by Gasteiger charge is -2.61. The molecular formula is C17H18ClN5O2. The number of fused-ring (bicyclic) bond motifs is 1. The maximum Gasteiger partial charge on any atom is 0.241 e. The lowest BCUT2D eigenvalue weighted by Crippen LogP contribution is -2.56. The van der Waals surface area contributed by atoms with Gasteiger partial charge in [0.15, 0.2) is 0 Å². The van der Waals surface area contributed by atoms with Crippen LogP contribution in [0.2, 0.25) is 5.02 Å². The summed E-state index contributed by atoms with van der Waals surface area (Å²) in [5.74, 6) is 1.22. The van der Waals surface area contributed by atoms with E-state index in [0.717, 1.165) is 30.9 Å². The number of hydrogen-bond donors (Lipinski definition) is 2. The second-order valence-electron chi connectivity index (χ2n) is 7.47. The molecule has 130 valence electrons. The van der Waals surface area contributed by atoms with Crippen LogP contribution in [-0.4, -0.2) is 45.1 Å². The Morgan fingerprint density at radius 2 is 2.24 bits per heavy atom. The quantitative estimate of drug-likeness (QED) is 0.868. The molecule has 2 N–H and O–H groups in total. The first-order valence-corrected chi connectivity index (χ1v) is 8.99. The first kappa shape index (κ1) is 15.4. The van der Waals surface area contributed by atoms with Crippen molar-refractivity contribution in [2.24, 2.45) is 5.92 Å². The van der Waals surface area contributed by atoms with Gasteiger partial charge >= 0.3 is 0 Å². The van der Waals surface area contributed by atoms with Crippen molar-refractivity contribution in [3.8, 4) is 6.07 Å². The van der Waals surface area contributed by atoms with Crippen LogP contribution < -0.4 is 5.32 Å². The molecule has 1 saturated heterocycles. The minimum atomic E-state index is -0.590. The monoisotopic (exact) mass is 359 g/mol. The number of aliphatic hydroxyl groups excluding tert-OH is 1. The van der Waals surface area contributed by atoms with E-state index in [-0.39, 0.29) is 11.5 Å². The van der Waals surface area contributed by atoms with Crippen LogP contribution in [0.4, 0.5) is 5.95 Å². The summed E-state index contributed by atoms with van der Waals surface area (Å²) in [6.07, 6.45) is 5.07. The molecule has 3 aliphatic carbocycles. The van der Waals surface area contributed by atoms with Crippen molar-refractivity contribution in [1.82, 2.24) is 14.6 Å². The summed E-state index contributed by atoms with van der Waals surface area (Å²) < 4.78 is 7.04. The van der Waals surface area contributed by atoms with Crippen LogP contribution in [0.15, 0.2) is 6.20 Å². The SMILES string of the molecule is N#Cc1c(Cl)c2cnc(N[C@@H]3CCOC[C@H]3O)nn2c1C12CC(C1)C2. The molecule has 2 atom stereocenters. The number of nitrogens with zero attached hydrogens (tertiary/aromatic N) is 4. The van der Waals surface area contributed by atoms with E-state index in [1.807, 2.05) is 0 Å². The highest BCUT2D eigenvalue weighted by Crippen LogP contribution is 2.66. The van der Waals surface area contributed by atoms with Gasteiger partial charge in [0.2, 0.25) is 5.95 Å². The number of nitriles is 1. The molecule has 7 nitrogen and oxygen atoms in total. The van der Waals surface area contributed by atoms with Crippen LogP contribution in [0.5, 0.6) is 0 Å². The Hall–Kier alpha value is -1.88. The van der Waals surface area contributed by atoms with E-state index < -0.39 is 6.10 Å². The Kier molecular flexibility index (Phi) is 3.26. The Morgan fingerprint density at radius 3 is 2.88 bits per heavy atom. The summed E-state index contributed by atoms with van der Waals surface area (Å²) >= 11 is 6.43. The number of nitrogens with one attached hydrogen (secondary N) is 1. The van der Waals surface area contributed by atoms with Crippen molar-refractivity contribution in [1.29, 1.82) is 5.26 Å². The molecule has 0 spiro atoms. The molecule has 2 aromatic heterocycles. The zero-order valence-electron chi connectivity index (χ0n) is 13.6. The summed E-state index contributed by atoms with van der Waals surface area (Å²) in [4.78, 5) is 4.33. The second kappa shape index (κ2) is 5.31. The number of rotatable bonds is 3. The fraction of sp³-hybridized carbons (Fsp3) is 0.588. The van der Waals surface area contributed by atoms with Crippen molar-refractivity contribution in [3.63, 3.8) is 0 Å². The lowest BCUT2D eigenvalue weighted by atomic mass is 9.43. The summed E-state index contributed by atoms with van der Waals surface area (Å²) in [6.45, 7) is 0.907. The molecule has 0 aromatic carbocycles. The Bertz CT molecular complexity index is 888. The minimum Gasteiger partial charge on any atom is -0.389 e. The average Bonchev–Trinajstić information content (AvgIpc) is 2.79. The van der Waals surface area contributed by atoms with Crippen LogP contribution in [0.1, 0.15) is 36.9 Å².